The molecule has 1 aromatic heterocycles. The lowest BCUT2D eigenvalue weighted by molar-refractivity contribution is -0.116. The van der Waals surface area contributed by atoms with Crippen molar-refractivity contribution in [3.63, 3.8) is 0 Å². The molecule has 0 saturated carbocycles. The first-order valence-corrected chi connectivity index (χ1v) is 9.39. The van der Waals surface area contributed by atoms with E-state index in [9.17, 15) is 4.79 Å². The fourth-order valence-corrected chi connectivity index (χ4v) is 5.23. The quantitative estimate of drug-likeness (QED) is 0.924. The van der Waals surface area contributed by atoms with E-state index in [0.29, 0.717) is 0 Å². The number of carbonyl (C=O) groups excluding carboxylic acids is 1. The Kier molecular flexibility index (Phi) is 4.72. The van der Waals surface area contributed by atoms with Gasteiger partial charge in [-0.25, -0.2) is 0 Å². The maximum atomic E-state index is 12.3. The highest BCUT2D eigenvalue weighted by molar-refractivity contribution is 8.03. The fraction of sp³-hybridized carbons (Fsp3) is 0.562. The van der Waals surface area contributed by atoms with Crippen LogP contribution in [-0.2, 0) is 10.5 Å². The number of likely N-dealkylation sites (tertiary alicyclic amines) is 1. The molecule has 1 N–H and O–H groups in total. The Morgan fingerprint density at radius 3 is 2.86 bits per heavy atom. The van der Waals surface area contributed by atoms with Crippen LogP contribution in [0.15, 0.2) is 4.91 Å². The minimum absolute atomic E-state index is 0.0913. The van der Waals surface area contributed by atoms with Crippen molar-refractivity contribution < 1.29 is 4.79 Å². The van der Waals surface area contributed by atoms with Gasteiger partial charge in [0.1, 0.15) is 0 Å². The third kappa shape index (κ3) is 3.35. The van der Waals surface area contributed by atoms with Crippen LogP contribution < -0.4 is 5.32 Å². The lowest BCUT2D eigenvalue weighted by Crippen LogP contribution is -2.33. The predicted octanol–water partition coefficient (Wildman–Crippen LogP) is 3.16. The third-order valence-corrected chi connectivity index (χ3v) is 6.56. The van der Waals surface area contributed by atoms with Crippen LogP contribution in [0.3, 0.4) is 0 Å². The molecule has 1 amide bonds. The summed E-state index contributed by atoms with van der Waals surface area (Å²) in [5, 5.41) is 3.07. The van der Waals surface area contributed by atoms with Crippen molar-refractivity contribution in [1.29, 1.82) is 0 Å². The average Bonchev–Trinajstić information content (AvgIpc) is 3.08. The summed E-state index contributed by atoms with van der Waals surface area (Å²) < 4.78 is 0. The number of thiophene rings is 1. The van der Waals surface area contributed by atoms with Crippen LogP contribution in [0.1, 0.15) is 33.7 Å². The topological polar surface area (TPSA) is 32.3 Å². The van der Waals surface area contributed by atoms with Crippen molar-refractivity contribution in [3.05, 3.63) is 25.8 Å². The molecule has 0 bridgehead atoms. The van der Waals surface area contributed by atoms with Crippen molar-refractivity contribution in [3.8, 4) is 0 Å². The molecule has 0 unspecified atom stereocenters. The van der Waals surface area contributed by atoms with Crippen LogP contribution in [0.2, 0.25) is 0 Å². The normalized spacial score (nSPS) is 18.5. The number of thioether (sulfide) groups is 1. The van der Waals surface area contributed by atoms with Crippen molar-refractivity contribution >= 4 is 35.1 Å². The van der Waals surface area contributed by atoms with E-state index in [4.69, 9.17) is 0 Å². The zero-order valence-corrected chi connectivity index (χ0v) is 14.3. The highest BCUT2D eigenvalue weighted by atomic mass is 32.2. The molecule has 3 heterocycles. The summed E-state index contributed by atoms with van der Waals surface area (Å²) in [7, 11) is 0. The number of hydrogen-bond donors (Lipinski definition) is 1. The van der Waals surface area contributed by atoms with E-state index in [-0.39, 0.29) is 5.91 Å². The molecule has 0 aromatic carbocycles. The monoisotopic (exact) mass is 322 g/mol. The molecule has 0 radical (unpaired) electrons. The van der Waals surface area contributed by atoms with Crippen LogP contribution in [0.4, 0.5) is 0 Å². The summed E-state index contributed by atoms with van der Waals surface area (Å²) in [5.41, 5.74) is 2.81. The molecule has 0 atom stereocenters. The maximum absolute atomic E-state index is 12.3. The molecule has 1 saturated heterocycles. The molecule has 114 valence electrons. The lowest BCUT2D eigenvalue weighted by Gasteiger charge is -2.16. The van der Waals surface area contributed by atoms with Gasteiger partial charge in [-0.05, 0) is 57.0 Å². The second-order valence-electron chi connectivity index (χ2n) is 5.73. The zero-order chi connectivity index (χ0) is 14.8. The number of carbonyl (C=O) groups is 1. The molecule has 3 rings (SSSR count). The first-order valence-electron chi connectivity index (χ1n) is 7.59. The molecule has 2 aliphatic heterocycles. The summed E-state index contributed by atoms with van der Waals surface area (Å²) in [4.78, 5) is 18.2. The smallest absolute Gasteiger partial charge is 0.257 e. The van der Waals surface area contributed by atoms with Crippen molar-refractivity contribution in [1.82, 2.24) is 10.2 Å². The van der Waals surface area contributed by atoms with E-state index in [1.807, 2.05) is 0 Å². The van der Waals surface area contributed by atoms with Crippen LogP contribution in [0.5, 0.6) is 0 Å². The number of nitrogens with zero attached hydrogens (tertiary/aromatic N) is 1. The van der Waals surface area contributed by atoms with Gasteiger partial charge in [0.05, 0.1) is 4.91 Å². The number of hydrogen-bond acceptors (Lipinski definition) is 4. The summed E-state index contributed by atoms with van der Waals surface area (Å²) in [6, 6.07) is 0. The third-order valence-electron chi connectivity index (χ3n) is 4.31. The Balaban J connectivity index is 1.57. The first kappa shape index (κ1) is 15.1. The van der Waals surface area contributed by atoms with Crippen molar-refractivity contribution in [2.24, 2.45) is 0 Å². The van der Waals surface area contributed by atoms with E-state index >= 15 is 0 Å². The summed E-state index contributed by atoms with van der Waals surface area (Å²) >= 11 is 3.47. The number of aryl methyl sites for hydroxylation is 1. The Bertz CT molecular complexity index is 571. The van der Waals surface area contributed by atoms with Crippen LogP contribution >= 0.6 is 23.1 Å². The van der Waals surface area contributed by atoms with Gasteiger partial charge in [0.15, 0.2) is 0 Å². The van der Waals surface area contributed by atoms with E-state index in [1.54, 1.807) is 23.1 Å². The highest BCUT2D eigenvalue weighted by Crippen LogP contribution is 2.39. The van der Waals surface area contributed by atoms with Gasteiger partial charge in [0.2, 0.25) is 0 Å². The molecule has 2 aliphatic rings. The Morgan fingerprint density at radius 2 is 2.10 bits per heavy atom. The van der Waals surface area contributed by atoms with Gasteiger partial charge in [-0.15, -0.1) is 23.1 Å². The van der Waals surface area contributed by atoms with Gasteiger partial charge >= 0.3 is 0 Å². The van der Waals surface area contributed by atoms with E-state index in [0.717, 1.165) is 23.7 Å². The van der Waals surface area contributed by atoms with Crippen LogP contribution in [-0.4, -0.2) is 37.0 Å². The molecule has 5 heteroatoms. The molecule has 0 spiro atoms. The second kappa shape index (κ2) is 6.55. The number of fused-ring (bicyclic) bond motifs is 1. The lowest BCUT2D eigenvalue weighted by atomic mass is 10.1. The van der Waals surface area contributed by atoms with Crippen LogP contribution in [0, 0.1) is 13.8 Å². The molecular weight excluding hydrogens is 300 g/mol. The first-order chi connectivity index (χ1) is 10.1. The van der Waals surface area contributed by atoms with Gasteiger partial charge in [-0.3, -0.25) is 4.79 Å². The summed E-state index contributed by atoms with van der Waals surface area (Å²) in [5.74, 6) is 1.02. The van der Waals surface area contributed by atoms with E-state index < -0.39 is 0 Å². The van der Waals surface area contributed by atoms with Crippen molar-refractivity contribution in [2.45, 2.75) is 32.4 Å². The minimum atomic E-state index is 0.0913. The minimum Gasteiger partial charge on any atom is -0.350 e. The molecular formula is C16H22N2OS2. The number of rotatable bonds is 4. The van der Waals surface area contributed by atoms with Gasteiger partial charge in [0.25, 0.3) is 5.91 Å². The summed E-state index contributed by atoms with van der Waals surface area (Å²) in [6.45, 7) is 8.44. The van der Waals surface area contributed by atoms with Crippen molar-refractivity contribution in [2.75, 3.05) is 26.2 Å². The van der Waals surface area contributed by atoms with Gasteiger partial charge < -0.3 is 10.2 Å². The molecule has 1 fully saturated rings. The molecule has 21 heavy (non-hydrogen) atoms. The predicted molar refractivity (Wildman–Crippen MR) is 91.7 cm³/mol. The highest BCUT2D eigenvalue weighted by Gasteiger charge is 2.21. The van der Waals surface area contributed by atoms with Gasteiger partial charge in [-0.1, -0.05) is 0 Å². The largest absolute Gasteiger partial charge is 0.350 e. The molecule has 3 nitrogen and oxygen atoms in total. The maximum Gasteiger partial charge on any atom is 0.257 e. The average molecular weight is 322 g/mol. The molecule has 0 aliphatic carbocycles. The second-order valence-corrected chi connectivity index (χ2v) is 8.00. The Hall–Kier alpha value is -0.780. The zero-order valence-electron chi connectivity index (χ0n) is 12.7. The van der Waals surface area contributed by atoms with E-state index in [2.05, 4.69) is 30.1 Å². The Labute approximate surface area is 134 Å². The number of amides is 1. The molecule has 1 aromatic rings. The summed E-state index contributed by atoms with van der Waals surface area (Å²) in [6.07, 6.45) is 4.67. The van der Waals surface area contributed by atoms with Gasteiger partial charge in [0, 0.05) is 28.6 Å². The van der Waals surface area contributed by atoms with E-state index in [1.165, 1.54) is 46.8 Å². The SMILES string of the molecule is Cc1sc2c(c1C)CSC(C(=O)NCCN1CCCC1)=C2. The standard InChI is InChI=1S/C16H22N2OS2/c1-11-12(2)21-14-9-15(20-10-13(11)14)16(19)17-5-8-18-6-3-4-7-18/h9H,3-8,10H2,1-2H3,(H,17,19). The van der Waals surface area contributed by atoms with Crippen LogP contribution in [0.25, 0.3) is 6.08 Å². The number of nitrogens with one attached hydrogen (secondary N) is 1. The van der Waals surface area contributed by atoms with Gasteiger partial charge in [-0.2, -0.15) is 0 Å². The Morgan fingerprint density at radius 1 is 1.33 bits per heavy atom. The fourth-order valence-electron chi connectivity index (χ4n) is 2.86.